The molecule has 1 unspecified atom stereocenters. The van der Waals surface area contributed by atoms with Crippen molar-refractivity contribution >= 4 is 47.3 Å². The molecular formula is C58H78F2N10O8. The van der Waals surface area contributed by atoms with Crippen LogP contribution in [0.2, 0.25) is 0 Å². The summed E-state index contributed by atoms with van der Waals surface area (Å²) in [6.45, 7) is 6.84. The maximum Gasteiger partial charge on any atom is 0.251 e. The zero-order valence-electron chi connectivity index (χ0n) is 45.7. The van der Waals surface area contributed by atoms with Crippen LogP contribution in [0.3, 0.4) is 0 Å². The van der Waals surface area contributed by atoms with Crippen molar-refractivity contribution in [1.29, 1.82) is 0 Å². The van der Waals surface area contributed by atoms with Crippen LogP contribution in [0.25, 0.3) is 0 Å². The number of halogens is 2. The summed E-state index contributed by atoms with van der Waals surface area (Å²) in [4.78, 5) is 115. The average Bonchev–Trinajstić information content (AvgIpc) is 4.13. The van der Waals surface area contributed by atoms with E-state index >= 15 is 0 Å². The normalized spacial score (nSPS) is 22.2. The van der Waals surface area contributed by atoms with E-state index in [1.807, 2.05) is 0 Å². The topological polar surface area (TPSA) is 239 Å². The van der Waals surface area contributed by atoms with E-state index in [-0.39, 0.29) is 60.7 Å². The fourth-order valence-electron chi connectivity index (χ4n) is 11.3. The molecule has 0 bridgehead atoms. The molecule has 7 rings (SSSR count). The number of carbonyl (C=O) groups is 8. The van der Waals surface area contributed by atoms with Gasteiger partial charge in [0.1, 0.15) is 35.8 Å². The van der Waals surface area contributed by atoms with Gasteiger partial charge in [-0.3, -0.25) is 38.4 Å². The van der Waals surface area contributed by atoms with Gasteiger partial charge in [-0.25, -0.2) is 8.78 Å². The molecule has 78 heavy (non-hydrogen) atoms. The van der Waals surface area contributed by atoms with Gasteiger partial charge in [-0.15, -0.1) is 0 Å². The zero-order valence-corrected chi connectivity index (χ0v) is 45.7. The molecule has 4 aliphatic rings. The van der Waals surface area contributed by atoms with Crippen molar-refractivity contribution in [3.8, 4) is 0 Å². The number of benzene rings is 3. The van der Waals surface area contributed by atoms with Gasteiger partial charge in [0.15, 0.2) is 0 Å². The molecule has 0 aromatic heterocycles. The van der Waals surface area contributed by atoms with Gasteiger partial charge in [0.05, 0.1) is 24.2 Å². The zero-order chi connectivity index (χ0) is 56.2. The lowest BCUT2D eigenvalue weighted by Crippen LogP contribution is -2.58. The van der Waals surface area contributed by atoms with E-state index in [2.05, 4.69) is 42.5 Å². The Hall–Kier alpha value is -6.80. The summed E-state index contributed by atoms with van der Waals surface area (Å²) in [5.74, 6) is -4.69. The molecule has 3 aromatic rings. The largest absolute Gasteiger partial charge is 0.348 e. The number of carbonyl (C=O) groups excluding carboxylic acids is 8. The molecule has 0 spiro atoms. The van der Waals surface area contributed by atoms with Crippen molar-refractivity contribution in [1.82, 2.24) is 52.3 Å². The molecule has 2 aliphatic carbocycles. The molecule has 2 aliphatic heterocycles. The quantitative estimate of drug-likeness (QED) is 0.0791. The third-order valence-corrected chi connectivity index (χ3v) is 16.3. The van der Waals surface area contributed by atoms with Crippen LogP contribution in [0, 0.1) is 23.5 Å². The van der Waals surface area contributed by atoms with Gasteiger partial charge < -0.3 is 52.3 Å². The third kappa shape index (κ3) is 14.9. The van der Waals surface area contributed by atoms with Crippen LogP contribution in [-0.4, -0.2) is 133 Å². The molecule has 2 saturated heterocycles. The second-order valence-corrected chi connectivity index (χ2v) is 21.8. The van der Waals surface area contributed by atoms with Crippen molar-refractivity contribution in [2.24, 2.45) is 11.8 Å². The molecule has 2 heterocycles. The lowest BCUT2D eigenvalue weighted by Gasteiger charge is -2.35. The van der Waals surface area contributed by atoms with Crippen LogP contribution >= 0.6 is 0 Å². The average molecular weight is 1080 g/mol. The van der Waals surface area contributed by atoms with E-state index in [0.717, 1.165) is 64.2 Å². The van der Waals surface area contributed by atoms with Gasteiger partial charge in [0.25, 0.3) is 11.8 Å². The first-order chi connectivity index (χ1) is 37.3. The Morgan fingerprint density at radius 2 is 0.808 bits per heavy atom. The van der Waals surface area contributed by atoms with Crippen LogP contribution in [0.4, 0.5) is 8.78 Å². The van der Waals surface area contributed by atoms with E-state index < -0.39 is 107 Å². The predicted molar refractivity (Wildman–Crippen MR) is 289 cm³/mol. The third-order valence-electron chi connectivity index (χ3n) is 16.3. The Morgan fingerprint density at radius 1 is 0.474 bits per heavy atom. The second-order valence-electron chi connectivity index (χ2n) is 21.8. The maximum absolute atomic E-state index is 14.8. The number of hydrogen-bond acceptors (Lipinski definition) is 10. The fraction of sp³-hybridized carbons (Fsp3) is 0.552. The van der Waals surface area contributed by atoms with Gasteiger partial charge in [-0.2, -0.15) is 0 Å². The summed E-state index contributed by atoms with van der Waals surface area (Å²) in [5, 5.41) is 23.7. The summed E-state index contributed by atoms with van der Waals surface area (Å²) >= 11 is 0. The molecule has 4 fully saturated rings. The highest BCUT2D eigenvalue weighted by Crippen LogP contribution is 2.32. The fourth-order valence-corrected chi connectivity index (χ4v) is 11.3. The Kier molecular flexibility index (Phi) is 20.5. The SMILES string of the molecule is CN[C@@H](C)C(=O)N[C@H](C(=O)N1C[C@@H](NC(=O)c2ccc(C(=O)N[C@H]3C[C@@H](C(=O)N[C@H](C)c4ccc(F)cc4)N(C(=O)[C@@H](NC(=O)[C@H](C)NC)C4CCCCC4)C3)cc2)CC1C(=O)N[C@H](C)c1ccc(F)cc1)C1CCCCC1. The van der Waals surface area contributed by atoms with Gasteiger partial charge >= 0.3 is 0 Å². The summed E-state index contributed by atoms with van der Waals surface area (Å²) in [7, 11) is 3.30. The Labute approximate surface area is 456 Å². The van der Waals surface area contributed by atoms with Crippen LogP contribution in [0.1, 0.15) is 149 Å². The number of rotatable bonds is 20. The summed E-state index contributed by atoms with van der Waals surface area (Å²) in [6.07, 6.45) is 8.61. The Bertz CT molecular complexity index is 2420. The Morgan fingerprint density at radius 3 is 1.13 bits per heavy atom. The van der Waals surface area contributed by atoms with Crippen LogP contribution < -0.4 is 42.5 Å². The Balaban J connectivity index is 1.06. The first-order valence-corrected chi connectivity index (χ1v) is 27.7. The van der Waals surface area contributed by atoms with Crippen molar-refractivity contribution < 1.29 is 47.1 Å². The summed E-state index contributed by atoms with van der Waals surface area (Å²) in [5.41, 5.74) is 1.70. The van der Waals surface area contributed by atoms with Crippen LogP contribution in [0.5, 0.6) is 0 Å². The van der Waals surface area contributed by atoms with Gasteiger partial charge in [-0.1, -0.05) is 62.8 Å². The molecule has 2 saturated carbocycles. The number of nitrogens with one attached hydrogen (secondary N) is 8. The monoisotopic (exact) mass is 1080 g/mol. The number of nitrogens with zero attached hydrogens (tertiary/aromatic N) is 2. The number of likely N-dealkylation sites (N-methyl/N-ethyl adjacent to an activating group) is 2. The molecule has 3 aromatic carbocycles. The first-order valence-electron chi connectivity index (χ1n) is 27.7. The molecule has 8 N–H and O–H groups in total. The molecule has 18 nitrogen and oxygen atoms in total. The lowest BCUT2D eigenvalue weighted by atomic mass is 9.83. The van der Waals surface area contributed by atoms with E-state index in [9.17, 15) is 47.1 Å². The number of hydrogen-bond donors (Lipinski definition) is 8. The minimum Gasteiger partial charge on any atom is -0.348 e. The molecular weight excluding hydrogens is 1000 g/mol. The molecule has 422 valence electrons. The maximum atomic E-state index is 14.8. The van der Waals surface area contributed by atoms with E-state index in [1.54, 1.807) is 66.1 Å². The summed E-state index contributed by atoms with van der Waals surface area (Å²) in [6, 6.07) is 9.91. The van der Waals surface area contributed by atoms with E-state index in [4.69, 9.17) is 0 Å². The smallest absolute Gasteiger partial charge is 0.251 e. The minimum atomic E-state index is -1.02. The highest BCUT2D eigenvalue weighted by atomic mass is 19.1. The number of amides is 8. The van der Waals surface area contributed by atoms with E-state index in [1.165, 1.54) is 58.3 Å². The molecule has 20 heteroatoms. The first kappa shape index (κ1) is 58.9. The molecule has 0 radical (unpaired) electrons. The summed E-state index contributed by atoms with van der Waals surface area (Å²) < 4.78 is 27.6. The van der Waals surface area contributed by atoms with Crippen molar-refractivity contribution in [3.05, 3.63) is 107 Å². The highest BCUT2D eigenvalue weighted by Gasteiger charge is 2.47. The number of likely N-dealkylation sites (tertiary alicyclic amines) is 2. The molecule has 8 amide bonds. The van der Waals surface area contributed by atoms with Gasteiger partial charge in [0, 0.05) is 36.3 Å². The second kappa shape index (κ2) is 27.2. The highest BCUT2D eigenvalue weighted by molar-refractivity contribution is 5.99. The van der Waals surface area contributed by atoms with Gasteiger partial charge in [0.2, 0.25) is 35.4 Å². The van der Waals surface area contributed by atoms with Crippen LogP contribution in [-0.2, 0) is 28.8 Å². The standard InChI is InChI=1S/C58H78F2N10O8/c1-33(37-21-25-43(59)26-22-37)63-55(75)47-29-45(31-69(47)57(77)49(39-13-9-7-10-14-39)67-51(71)35(3)61-5)65-53(73)41-17-19-42(20-18-41)54(74)66-46-30-48(56(76)64-34(2)38-23-27-44(60)28-24-38)70(32-46)58(78)50(40-15-11-8-12-16-40)68-52(72)36(4)62-6/h17-28,33-36,39-40,45-50,61-62H,7-16,29-32H2,1-6H3,(H,63,75)(H,64,76)(H,65,73)(H,66,74)(H,67,71)(H,68,72)/t33-,34-,35+,36+,45+,46+,47+,48?,49+,50+/m1/s1. The predicted octanol–water partition coefficient (Wildman–Crippen LogP) is 4.46. The lowest BCUT2D eigenvalue weighted by molar-refractivity contribution is -0.143. The van der Waals surface area contributed by atoms with Crippen molar-refractivity contribution in [2.75, 3.05) is 27.2 Å². The van der Waals surface area contributed by atoms with Crippen LogP contribution in [0.15, 0.2) is 72.8 Å². The minimum absolute atomic E-state index is 0.0251. The van der Waals surface area contributed by atoms with Gasteiger partial charge in [-0.05, 0) is 152 Å². The van der Waals surface area contributed by atoms with Crippen molar-refractivity contribution in [3.63, 3.8) is 0 Å². The van der Waals surface area contributed by atoms with Crippen molar-refractivity contribution in [2.45, 2.75) is 165 Å². The molecule has 10 atom stereocenters. The van der Waals surface area contributed by atoms with E-state index in [0.29, 0.717) is 11.1 Å².